The summed E-state index contributed by atoms with van der Waals surface area (Å²) in [4.78, 5) is 16.4. The number of para-hydroxylation sites is 1. The molecular formula is C18H12Cl3N3O. The molecule has 25 heavy (non-hydrogen) atoms. The molecule has 0 aliphatic heterocycles. The van der Waals surface area contributed by atoms with E-state index in [1.807, 2.05) is 30.3 Å². The number of aromatic nitrogens is 1. The van der Waals surface area contributed by atoms with Gasteiger partial charge in [-0.05, 0) is 24.3 Å². The number of amides is 1. The van der Waals surface area contributed by atoms with Gasteiger partial charge in [0.05, 0.1) is 21.2 Å². The van der Waals surface area contributed by atoms with Crippen LogP contribution in [-0.4, -0.2) is 10.9 Å². The Morgan fingerprint density at radius 1 is 1.04 bits per heavy atom. The summed E-state index contributed by atoms with van der Waals surface area (Å²) in [6, 6.07) is 12.7. The van der Waals surface area contributed by atoms with Crippen LogP contribution in [0.25, 0.3) is 17.0 Å². The first-order valence-corrected chi connectivity index (χ1v) is 8.40. The van der Waals surface area contributed by atoms with Gasteiger partial charge in [-0.1, -0.05) is 59.1 Å². The number of carbonyl (C=O) groups excluding carboxylic acids is 1. The number of halogens is 3. The Hall–Kier alpha value is -2.27. The van der Waals surface area contributed by atoms with Gasteiger partial charge >= 0.3 is 0 Å². The number of hydrazine groups is 1. The third-order valence-corrected chi connectivity index (χ3v) is 4.21. The second-order valence-corrected chi connectivity index (χ2v) is 6.37. The maximum absolute atomic E-state index is 12.0. The number of nitrogens with zero attached hydrogens (tertiary/aromatic N) is 1. The summed E-state index contributed by atoms with van der Waals surface area (Å²) in [7, 11) is 0. The van der Waals surface area contributed by atoms with Crippen LogP contribution in [0.4, 0.5) is 5.69 Å². The van der Waals surface area contributed by atoms with Crippen molar-refractivity contribution in [2.45, 2.75) is 0 Å². The van der Waals surface area contributed by atoms with Gasteiger partial charge in [-0.2, -0.15) is 0 Å². The molecule has 0 unspecified atom stereocenters. The highest BCUT2D eigenvalue weighted by Gasteiger charge is 2.08. The molecule has 3 rings (SSSR count). The standard InChI is InChI=1S/C18H12Cl3N3O/c19-13-9-14(20)18(15(21)10-13)24-23-16(25)7-6-12-4-1-3-11-5-2-8-22-17(11)12/h1-10,24H,(H,23,25). The van der Waals surface area contributed by atoms with Gasteiger partial charge in [-0.3, -0.25) is 20.6 Å². The van der Waals surface area contributed by atoms with Crippen molar-refractivity contribution < 1.29 is 4.79 Å². The monoisotopic (exact) mass is 391 g/mol. The van der Waals surface area contributed by atoms with Crippen molar-refractivity contribution in [1.29, 1.82) is 0 Å². The maximum Gasteiger partial charge on any atom is 0.262 e. The molecule has 0 spiro atoms. The minimum atomic E-state index is -0.366. The summed E-state index contributed by atoms with van der Waals surface area (Å²) in [5, 5.41) is 2.03. The van der Waals surface area contributed by atoms with Gasteiger partial charge in [-0.25, -0.2) is 0 Å². The van der Waals surface area contributed by atoms with Crippen LogP contribution < -0.4 is 10.9 Å². The number of hydrogen-bond acceptors (Lipinski definition) is 3. The van der Waals surface area contributed by atoms with Crippen LogP contribution in [0.1, 0.15) is 5.56 Å². The number of pyridine rings is 1. The van der Waals surface area contributed by atoms with Gasteiger partial charge < -0.3 is 0 Å². The highest BCUT2D eigenvalue weighted by molar-refractivity contribution is 6.41. The van der Waals surface area contributed by atoms with Crippen LogP contribution in [0.3, 0.4) is 0 Å². The van der Waals surface area contributed by atoms with E-state index in [1.165, 1.54) is 18.2 Å². The fraction of sp³-hybridized carbons (Fsp3) is 0. The summed E-state index contributed by atoms with van der Waals surface area (Å²) in [5.74, 6) is -0.366. The Kier molecular flexibility index (Phi) is 5.43. The summed E-state index contributed by atoms with van der Waals surface area (Å²) in [6.45, 7) is 0. The van der Waals surface area contributed by atoms with Crippen LogP contribution in [-0.2, 0) is 4.79 Å². The van der Waals surface area contributed by atoms with E-state index < -0.39 is 0 Å². The molecule has 2 aromatic carbocycles. The molecule has 1 amide bonds. The fourth-order valence-electron chi connectivity index (χ4n) is 2.26. The zero-order valence-electron chi connectivity index (χ0n) is 12.8. The minimum absolute atomic E-state index is 0.306. The predicted molar refractivity (Wildman–Crippen MR) is 104 cm³/mol. The molecule has 1 heterocycles. The number of benzene rings is 2. The van der Waals surface area contributed by atoms with E-state index in [0.29, 0.717) is 20.8 Å². The maximum atomic E-state index is 12.0. The van der Waals surface area contributed by atoms with Crippen LogP contribution >= 0.6 is 34.8 Å². The molecule has 0 saturated heterocycles. The van der Waals surface area contributed by atoms with Crippen molar-refractivity contribution in [2.75, 3.05) is 5.43 Å². The summed E-state index contributed by atoms with van der Waals surface area (Å²) >= 11 is 17.9. The summed E-state index contributed by atoms with van der Waals surface area (Å²) in [6.07, 6.45) is 4.80. The van der Waals surface area contributed by atoms with Crippen molar-refractivity contribution in [3.05, 3.63) is 75.4 Å². The molecule has 7 heteroatoms. The molecule has 0 aliphatic rings. The van der Waals surface area contributed by atoms with Crippen LogP contribution in [0, 0.1) is 0 Å². The van der Waals surface area contributed by atoms with Gasteiger partial charge in [0.25, 0.3) is 5.91 Å². The van der Waals surface area contributed by atoms with Gasteiger partial charge in [0.1, 0.15) is 0 Å². The molecular weight excluding hydrogens is 381 g/mol. The lowest BCUT2D eigenvalue weighted by Crippen LogP contribution is -2.27. The number of fused-ring (bicyclic) bond motifs is 1. The number of anilines is 1. The number of nitrogens with one attached hydrogen (secondary N) is 2. The Bertz CT molecular complexity index is 944. The quantitative estimate of drug-likeness (QED) is 0.465. The second-order valence-electron chi connectivity index (χ2n) is 5.11. The van der Waals surface area contributed by atoms with E-state index in [-0.39, 0.29) is 5.91 Å². The number of carbonyl (C=O) groups is 1. The first-order chi connectivity index (χ1) is 12.0. The van der Waals surface area contributed by atoms with E-state index >= 15 is 0 Å². The molecule has 126 valence electrons. The van der Waals surface area contributed by atoms with E-state index in [2.05, 4.69) is 15.8 Å². The molecule has 1 aromatic heterocycles. The zero-order chi connectivity index (χ0) is 17.8. The lowest BCUT2D eigenvalue weighted by atomic mass is 10.1. The van der Waals surface area contributed by atoms with Crippen molar-refractivity contribution >= 4 is 63.4 Å². The van der Waals surface area contributed by atoms with Crippen molar-refractivity contribution in [1.82, 2.24) is 10.4 Å². The minimum Gasteiger partial charge on any atom is -0.295 e. The molecule has 0 aliphatic carbocycles. The first kappa shape index (κ1) is 17.5. The van der Waals surface area contributed by atoms with E-state index in [1.54, 1.807) is 12.3 Å². The topological polar surface area (TPSA) is 54.0 Å². The largest absolute Gasteiger partial charge is 0.295 e. The summed E-state index contributed by atoms with van der Waals surface area (Å²) in [5.41, 5.74) is 7.25. The van der Waals surface area contributed by atoms with Crippen LogP contribution in [0.15, 0.2) is 54.7 Å². The van der Waals surface area contributed by atoms with Gasteiger partial charge in [0.15, 0.2) is 0 Å². The molecule has 4 nitrogen and oxygen atoms in total. The third-order valence-electron chi connectivity index (χ3n) is 3.40. The number of hydrogen-bond donors (Lipinski definition) is 2. The molecule has 0 saturated carbocycles. The predicted octanol–water partition coefficient (Wildman–Crippen LogP) is 5.35. The third kappa shape index (κ3) is 4.23. The Balaban J connectivity index is 1.71. The molecule has 2 N–H and O–H groups in total. The van der Waals surface area contributed by atoms with Crippen molar-refractivity contribution in [3.8, 4) is 0 Å². The molecule has 0 fully saturated rings. The van der Waals surface area contributed by atoms with Crippen molar-refractivity contribution in [3.63, 3.8) is 0 Å². The van der Waals surface area contributed by atoms with E-state index in [0.717, 1.165) is 16.5 Å². The highest BCUT2D eigenvalue weighted by Crippen LogP contribution is 2.33. The van der Waals surface area contributed by atoms with Crippen LogP contribution in [0.5, 0.6) is 0 Å². The molecule has 3 aromatic rings. The Morgan fingerprint density at radius 2 is 1.76 bits per heavy atom. The zero-order valence-corrected chi connectivity index (χ0v) is 15.0. The fourth-order valence-corrected chi connectivity index (χ4v) is 3.17. The van der Waals surface area contributed by atoms with Gasteiger partial charge in [-0.15, -0.1) is 0 Å². The van der Waals surface area contributed by atoms with Gasteiger partial charge in [0.2, 0.25) is 0 Å². The molecule has 0 bridgehead atoms. The smallest absolute Gasteiger partial charge is 0.262 e. The normalized spacial score (nSPS) is 11.0. The van der Waals surface area contributed by atoms with Crippen LogP contribution in [0.2, 0.25) is 15.1 Å². The molecule has 0 radical (unpaired) electrons. The van der Waals surface area contributed by atoms with Crippen molar-refractivity contribution in [2.24, 2.45) is 0 Å². The first-order valence-electron chi connectivity index (χ1n) is 7.27. The Labute approximate surface area is 159 Å². The Morgan fingerprint density at radius 3 is 2.52 bits per heavy atom. The molecule has 0 atom stereocenters. The van der Waals surface area contributed by atoms with Gasteiger partial charge in [0, 0.05) is 28.2 Å². The lowest BCUT2D eigenvalue weighted by Gasteiger charge is -2.10. The average Bonchev–Trinajstić information content (AvgIpc) is 2.59. The van der Waals surface area contributed by atoms with E-state index in [4.69, 9.17) is 34.8 Å². The number of rotatable bonds is 4. The average molecular weight is 393 g/mol. The van der Waals surface area contributed by atoms with E-state index in [9.17, 15) is 4.79 Å². The lowest BCUT2D eigenvalue weighted by molar-refractivity contribution is -0.115. The SMILES string of the molecule is O=C(C=Cc1cccc2cccnc12)NNc1c(Cl)cc(Cl)cc1Cl. The summed E-state index contributed by atoms with van der Waals surface area (Å²) < 4.78 is 0. The highest BCUT2D eigenvalue weighted by atomic mass is 35.5. The second kappa shape index (κ2) is 7.74.